The summed E-state index contributed by atoms with van der Waals surface area (Å²) < 4.78 is 8.71. The molecule has 31 heavy (non-hydrogen) atoms. The van der Waals surface area contributed by atoms with Crippen LogP contribution in [0, 0.1) is 6.92 Å². The third-order valence-electron chi connectivity index (χ3n) is 6.06. The first-order valence-electron chi connectivity index (χ1n) is 10.7. The van der Waals surface area contributed by atoms with Crippen molar-refractivity contribution >= 4 is 44.4 Å². The van der Waals surface area contributed by atoms with Gasteiger partial charge in [-0.2, -0.15) is 0 Å². The van der Waals surface area contributed by atoms with Crippen LogP contribution in [0.15, 0.2) is 89.9 Å². The van der Waals surface area contributed by atoms with Crippen molar-refractivity contribution in [3.63, 3.8) is 0 Å². The quantitative estimate of drug-likeness (QED) is 0.275. The van der Waals surface area contributed by atoms with Crippen molar-refractivity contribution < 1.29 is 4.42 Å². The molecule has 0 radical (unpaired) electrons. The summed E-state index contributed by atoms with van der Waals surface area (Å²) in [6.07, 6.45) is 8.06. The Morgan fingerprint density at radius 2 is 1.77 bits per heavy atom. The van der Waals surface area contributed by atoms with Gasteiger partial charge in [-0.05, 0) is 68.3 Å². The predicted octanol–water partition coefficient (Wildman–Crippen LogP) is 8.46. The minimum Gasteiger partial charge on any atom is -0.456 e. The van der Waals surface area contributed by atoms with Gasteiger partial charge >= 0.3 is 0 Å². The van der Waals surface area contributed by atoms with Crippen LogP contribution in [0.1, 0.15) is 30.7 Å². The Morgan fingerprint density at radius 3 is 2.55 bits per heavy atom. The molecule has 0 spiro atoms. The summed E-state index contributed by atoms with van der Waals surface area (Å²) in [4.78, 5) is 0. The third kappa shape index (κ3) is 2.87. The second-order valence-electron chi connectivity index (χ2n) is 7.78. The second kappa shape index (κ2) is 7.48. The lowest BCUT2D eigenvalue weighted by molar-refractivity contribution is 0.604. The van der Waals surface area contributed by atoms with Crippen molar-refractivity contribution in [2.24, 2.45) is 0 Å². The molecule has 5 aromatic rings. The van der Waals surface area contributed by atoms with Gasteiger partial charge in [-0.1, -0.05) is 55.1 Å². The van der Waals surface area contributed by atoms with E-state index in [9.17, 15) is 0 Å². The lowest BCUT2D eigenvalue weighted by atomic mass is 10.1. The van der Waals surface area contributed by atoms with Gasteiger partial charge in [0.25, 0.3) is 0 Å². The average Bonchev–Trinajstić information content (AvgIpc) is 3.30. The zero-order valence-corrected chi connectivity index (χ0v) is 18.1. The first-order valence-corrected chi connectivity index (χ1v) is 10.7. The number of benzene rings is 3. The summed E-state index contributed by atoms with van der Waals surface area (Å²) in [6, 6.07) is 21.6. The number of furan rings is 1. The summed E-state index contributed by atoms with van der Waals surface area (Å²) in [5.41, 5.74) is 7.86. The lowest BCUT2D eigenvalue weighted by Gasteiger charge is -2.10. The molecule has 0 saturated carbocycles. The van der Waals surface area contributed by atoms with E-state index in [0.29, 0.717) is 0 Å². The molecule has 0 fully saturated rings. The third-order valence-corrected chi connectivity index (χ3v) is 6.06. The molecular formula is C29H25NO. The summed E-state index contributed by atoms with van der Waals surface area (Å²) in [5, 5.41) is 3.52. The van der Waals surface area contributed by atoms with Crippen LogP contribution >= 0.6 is 0 Å². The maximum Gasteiger partial charge on any atom is 0.145 e. The molecule has 0 N–H and O–H groups in total. The minimum absolute atomic E-state index is 0.924. The van der Waals surface area contributed by atoms with E-state index in [1.807, 2.05) is 32.1 Å². The Balaban J connectivity index is 1.90. The summed E-state index contributed by atoms with van der Waals surface area (Å²) in [6.45, 7) is 10.2. The Labute approximate surface area is 182 Å². The number of hydrogen-bond acceptors (Lipinski definition) is 1. The first kappa shape index (κ1) is 19.2. The van der Waals surface area contributed by atoms with Gasteiger partial charge in [0.2, 0.25) is 0 Å². The highest BCUT2D eigenvalue weighted by Crippen LogP contribution is 2.39. The monoisotopic (exact) mass is 403 g/mol. The summed E-state index contributed by atoms with van der Waals surface area (Å²) in [7, 11) is 0. The van der Waals surface area contributed by atoms with Gasteiger partial charge in [0.15, 0.2) is 0 Å². The van der Waals surface area contributed by atoms with Crippen molar-refractivity contribution in [1.29, 1.82) is 0 Å². The smallest absolute Gasteiger partial charge is 0.145 e. The van der Waals surface area contributed by atoms with E-state index in [4.69, 9.17) is 4.42 Å². The van der Waals surface area contributed by atoms with E-state index in [-0.39, 0.29) is 0 Å². The van der Waals surface area contributed by atoms with Gasteiger partial charge in [-0.3, -0.25) is 0 Å². The fourth-order valence-electron chi connectivity index (χ4n) is 4.56. The summed E-state index contributed by atoms with van der Waals surface area (Å²) in [5.74, 6) is 0.924. The van der Waals surface area contributed by atoms with Crippen LogP contribution in [0.2, 0.25) is 0 Å². The Morgan fingerprint density at radius 1 is 0.935 bits per heavy atom. The number of nitrogens with zero attached hydrogens (tertiary/aromatic N) is 1. The maximum absolute atomic E-state index is 6.38. The zero-order valence-electron chi connectivity index (χ0n) is 18.1. The fourth-order valence-corrected chi connectivity index (χ4v) is 4.56. The molecule has 0 aliphatic carbocycles. The van der Waals surface area contributed by atoms with Crippen LogP contribution in [0.5, 0.6) is 0 Å². The number of rotatable bonds is 4. The van der Waals surface area contributed by atoms with E-state index < -0.39 is 0 Å². The molecule has 2 heteroatoms. The van der Waals surface area contributed by atoms with Gasteiger partial charge in [-0.25, -0.2) is 0 Å². The van der Waals surface area contributed by atoms with Crippen molar-refractivity contribution in [2.75, 3.05) is 0 Å². The Bertz CT molecular complexity index is 1520. The molecular weight excluding hydrogens is 378 g/mol. The van der Waals surface area contributed by atoms with Crippen LogP contribution < -0.4 is 0 Å². The van der Waals surface area contributed by atoms with Crippen LogP contribution in [0.25, 0.3) is 50.1 Å². The second-order valence-corrected chi connectivity index (χ2v) is 7.78. The number of aromatic nitrogens is 1. The first-order chi connectivity index (χ1) is 15.2. The van der Waals surface area contributed by atoms with Gasteiger partial charge < -0.3 is 8.98 Å². The lowest BCUT2D eigenvalue weighted by Crippen LogP contribution is -1.95. The zero-order chi connectivity index (χ0) is 21.5. The number of aryl methyl sites for hydroxylation is 1. The van der Waals surface area contributed by atoms with Gasteiger partial charge in [0.1, 0.15) is 11.3 Å². The van der Waals surface area contributed by atoms with Crippen molar-refractivity contribution in [3.8, 4) is 5.69 Å². The topological polar surface area (TPSA) is 18.1 Å². The van der Waals surface area contributed by atoms with E-state index in [2.05, 4.69) is 84.8 Å². The highest BCUT2D eigenvalue weighted by molar-refractivity contribution is 6.20. The number of hydrogen-bond donors (Lipinski definition) is 0. The van der Waals surface area contributed by atoms with Crippen LogP contribution in [0.4, 0.5) is 0 Å². The fraction of sp³-hybridized carbons (Fsp3) is 0.103. The van der Waals surface area contributed by atoms with Gasteiger partial charge in [0, 0.05) is 22.0 Å². The molecule has 0 aliphatic heterocycles. The minimum atomic E-state index is 0.924. The Hall–Kier alpha value is -3.78. The predicted molar refractivity (Wildman–Crippen MR) is 134 cm³/mol. The SMILES string of the molecule is C=C/C(=C\C)c1cccc(-n2c3ccccc3c3c4oc(/C=C\C)c(C)c4ccc32)c1. The molecule has 0 unspecified atom stereocenters. The molecule has 0 aliphatic rings. The van der Waals surface area contributed by atoms with Crippen molar-refractivity contribution in [3.05, 3.63) is 102 Å². The summed E-state index contributed by atoms with van der Waals surface area (Å²) >= 11 is 0. The number of allylic oxidation sites excluding steroid dienone is 4. The highest BCUT2D eigenvalue weighted by Gasteiger charge is 2.19. The number of fused-ring (bicyclic) bond motifs is 5. The molecule has 2 nitrogen and oxygen atoms in total. The van der Waals surface area contributed by atoms with Crippen LogP contribution in [-0.2, 0) is 0 Å². The molecule has 5 rings (SSSR count). The van der Waals surface area contributed by atoms with E-state index in [1.54, 1.807) is 0 Å². The standard InChI is InChI=1S/C29H25NO/c1-5-11-27-19(4)23-16-17-26-28(29(23)31-27)24-14-8-9-15-25(24)30(26)22-13-10-12-21(18-22)20(6-2)7-3/h5-18H,2H2,1,3-4H3/b11-5-,20-7+. The molecule has 0 amide bonds. The largest absolute Gasteiger partial charge is 0.456 e. The molecule has 0 saturated heterocycles. The van der Waals surface area contributed by atoms with Crippen LogP contribution in [-0.4, -0.2) is 4.57 Å². The molecule has 152 valence electrons. The molecule has 0 bridgehead atoms. The molecule has 0 atom stereocenters. The van der Waals surface area contributed by atoms with E-state index in [1.165, 1.54) is 21.9 Å². The van der Waals surface area contributed by atoms with E-state index >= 15 is 0 Å². The normalized spacial score (nSPS) is 12.5. The highest BCUT2D eigenvalue weighted by atomic mass is 16.3. The Kier molecular flexibility index (Phi) is 4.63. The van der Waals surface area contributed by atoms with Crippen molar-refractivity contribution in [2.45, 2.75) is 20.8 Å². The number of para-hydroxylation sites is 1. The molecule has 2 aromatic heterocycles. The van der Waals surface area contributed by atoms with Crippen molar-refractivity contribution in [1.82, 2.24) is 4.57 Å². The maximum atomic E-state index is 6.38. The van der Waals surface area contributed by atoms with Crippen LogP contribution in [0.3, 0.4) is 0 Å². The van der Waals surface area contributed by atoms with Gasteiger partial charge in [-0.15, -0.1) is 0 Å². The average molecular weight is 404 g/mol. The van der Waals surface area contributed by atoms with E-state index in [0.717, 1.165) is 39.1 Å². The van der Waals surface area contributed by atoms with Gasteiger partial charge in [0.05, 0.1) is 16.4 Å². The molecule has 2 heterocycles. The molecule has 3 aromatic carbocycles.